The molecule has 0 bridgehead atoms. The maximum absolute atomic E-state index is 12.7. The highest BCUT2D eigenvalue weighted by atomic mass is 16.9. The van der Waals surface area contributed by atoms with Crippen LogP contribution in [0.4, 0.5) is 4.79 Å². The smallest absolute Gasteiger partial charge is 0.434 e. The minimum Gasteiger partial charge on any atom is -0.434 e. The van der Waals surface area contributed by atoms with Gasteiger partial charge in [0.15, 0.2) is 0 Å². The van der Waals surface area contributed by atoms with Gasteiger partial charge in [0.2, 0.25) is 0 Å². The lowest BCUT2D eigenvalue weighted by Crippen LogP contribution is -2.55. The van der Waals surface area contributed by atoms with Gasteiger partial charge in [-0.3, -0.25) is 4.90 Å². The molecule has 2 saturated heterocycles. The number of carbonyl (C=O) groups excluding carboxylic acids is 1. The van der Waals surface area contributed by atoms with Gasteiger partial charge in [-0.25, -0.2) is 4.79 Å². The molecule has 14 nitrogen and oxygen atoms in total. The minimum absolute atomic E-state index is 0.0503. The zero-order valence-corrected chi connectivity index (χ0v) is 29.5. The summed E-state index contributed by atoms with van der Waals surface area (Å²) < 4.78 is 40.7. The van der Waals surface area contributed by atoms with Gasteiger partial charge in [0, 0.05) is 77.4 Å². The molecule has 2 heterocycles. The van der Waals surface area contributed by atoms with Gasteiger partial charge in [-0.05, 0) is 49.7 Å². The van der Waals surface area contributed by atoms with Gasteiger partial charge in [0.1, 0.15) is 6.10 Å². The van der Waals surface area contributed by atoms with E-state index in [1.54, 1.807) is 7.11 Å². The molecule has 0 spiro atoms. The van der Waals surface area contributed by atoms with Crippen LogP contribution in [0.2, 0.25) is 0 Å². The molecule has 49 heavy (non-hydrogen) atoms. The normalized spacial score (nSPS) is 26.4. The molecule has 1 aromatic carbocycles. The van der Waals surface area contributed by atoms with E-state index in [0.717, 1.165) is 63.1 Å². The number of nitrogens with zero attached hydrogens (tertiary/aromatic N) is 2. The molecule has 4 rings (SSSR count). The van der Waals surface area contributed by atoms with E-state index in [9.17, 15) is 14.9 Å². The number of nitrogens with one attached hydrogen (secondary N) is 1. The number of morpholine rings is 1. The van der Waals surface area contributed by atoms with E-state index in [2.05, 4.69) is 46.2 Å². The van der Waals surface area contributed by atoms with E-state index in [4.69, 9.17) is 33.2 Å². The van der Waals surface area contributed by atoms with Crippen molar-refractivity contribution in [2.45, 2.75) is 82.8 Å². The molecular weight excluding hydrogens is 638 g/mol. The Hall–Kier alpha value is -2.59. The second-order valence-corrected chi connectivity index (χ2v) is 13.3. The van der Waals surface area contributed by atoms with Gasteiger partial charge in [0.05, 0.1) is 51.8 Å². The maximum atomic E-state index is 12.7. The predicted molar refractivity (Wildman–Crippen MR) is 180 cm³/mol. The zero-order valence-electron chi connectivity index (χ0n) is 29.5. The van der Waals surface area contributed by atoms with E-state index in [1.807, 2.05) is 6.92 Å². The number of benzene rings is 1. The quantitative estimate of drug-likeness (QED) is 0.0856. The van der Waals surface area contributed by atoms with Crippen molar-refractivity contribution in [2.75, 3.05) is 86.1 Å². The highest BCUT2D eigenvalue weighted by Gasteiger charge is 2.41. The Balaban J connectivity index is 1.38. The lowest BCUT2D eigenvalue weighted by molar-refractivity contribution is -0.757. The molecule has 14 heteroatoms. The summed E-state index contributed by atoms with van der Waals surface area (Å²) in [4.78, 5) is 30.0. The predicted octanol–water partition coefficient (Wildman–Crippen LogP) is 3.97. The van der Waals surface area contributed by atoms with Gasteiger partial charge in [-0.1, -0.05) is 31.2 Å². The van der Waals surface area contributed by atoms with Crippen molar-refractivity contribution in [1.29, 1.82) is 0 Å². The first-order chi connectivity index (χ1) is 23.9. The Kier molecular flexibility index (Phi) is 17.3. The average Bonchev–Trinajstić information content (AvgIpc) is 3.10. The van der Waals surface area contributed by atoms with Crippen LogP contribution >= 0.6 is 0 Å². The molecule has 7 atom stereocenters. The van der Waals surface area contributed by atoms with Crippen LogP contribution in [0.5, 0.6) is 0 Å². The molecule has 0 amide bonds. The molecule has 0 aromatic heterocycles. The third-order valence-electron chi connectivity index (χ3n) is 9.47. The fourth-order valence-electron chi connectivity index (χ4n) is 7.03. The third-order valence-corrected chi connectivity index (χ3v) is 9.47. The maximum Gasteiger partial charge on any atom is 0.508 e. The number of hydrogen-bond donors (Lipinski definition) is 1. The van der Waals surface area contributed by atoms with Crippen LogP contribution < -0.4 is 5.32 Å². The highest BCUT2D eigenvalue weighted by molar-refractivity contribution is 5.60. The Morgan fingerprint density at radius 3 is 2.65 bits per heavy atom. The van der Waals surface area contributed by atoms with Crippen molar-refractivity contribution >= 4 is 6.16 Å². The van der Waals surface area contributed by atoms with Gasteiger partial charge in [-0.15, -0.1) is 10.1 Å². The third kappa shape index (κ3) is 13.2. The fourth-order valence-corrected chi connectivity index (χ4v) is 7.03. The summed E-state index contributed by atoms with van der Waals surface area (Å²) in [6, 6.07) is 8.61. The molecule has 0 radical (unpaired) electrons. The lowest BCUT2D eigenvalue weighted by atomic mass is 9.82. The monoisotopic (exact) mass is 695 g/mol. The molecule has 7 unspecified atom stereocenters. The van der Waals surface area contributed by atoms with Gasteiger partial charge >= 0.3 is 6.16 Å². The zero-order chi connectivity index (χ0) is 34.8. The van der Waals surface area contributed by atoms with Crippen molar-refractivity contribution in [3.05, 3.63) is 45.5 Å². The molecule has 1 saturated carbocycles. The summed E-state index contributed by atoms with van der Waals surface area (Å²) in [6.07, 6.45) is 2.93. The van der Waals surface area contributed by atoms with E-state index >= 15 is 0 Å². The SMILES string of the molecule is CCOCC(C)COCc1ccc(C2C(OCC3CCC4OCCN(CCCOC)C4C3)CNCC2OC(=O)OCCCO[N+](=O)[O-])cc1. The van der Waals surface area contributed by atoms with Crippen molar-refractivity contribution < 1.29 is 47.9 Å². The van der Waals surface area contributed by atoms with E-state index < -0.39 is 17.3 Å². The number of methoxy groups -OCH3 is 1. The van der Waals surface area contributed by atoms with Crippen LogP contribution in [0.1, 0.15) is 63.0 Å². The summed E-state index contributed by atoms with van der Waals surface area (Å²) in [7, 11) is 1.75. The molecule has 2 aliphatic heterocycles. The molecular formula is C35H57N3O11. The summed E-state index contributed by atoms with van der Waals surface area (Å²) >= 11 is 0. The second-order valence-electron chi connectivity index (χ2n) is 13.3. The molecule has 1 aromatic rings. The Bertz CT molecular complexity index is 1100. The van der Waals surface area contributed by atoms with Crippen molar-refractivity contribution in [3.63, 3.8) is 0 Å². The van der Waals surface area contributed by atoms with Crippen molar-refractivity contribution in [2.24, 2.45) is 11.8 Å². The van der Waals surface area contributed by atoms with Crippen LogP contribution in [-0.2, 0) is 44.6 Å². The van der Waals surface area contributed by atoms with Gasteiger partial charge < -0.3 is 43.3 Å². The number of ether oxygens (including phenoxy) is 7. The number of rotatable bonds is 21. The first kappa shape index (κ1) is 39.2. The lowest BCUT2D eigenvalue weighted by Gasteiger charge is -2.46. The standard InChI is InChI=1S/C35H57N3O11/c1-4-43-22-26(2)23-44-24-27-7-10-29(11-8-27)34-32(20-36-21-33(34)49-35(39)46-16-6-17-48-38(40)41)47-25-28-9-12-31-30(19-28)37(14-18-45-31)13-5-15-42-3/h7-8,10-11,26,28,30-34,36H,4-6,9,12-25H2,1-3H3. The Labute approximate surface area is 290 Å². The van der Waals surface area contributed by atoms with Crippen LogP contribution in [0.3, 0.4) is 0 Å². The summed E-state index contributed by atoms with van der Waals surface area (Å²) in [5, 5.41) is 12.9. The van der Waals surface area contributed by atoms with Crippen LogP contribution in [0, 0.1) is 22.0 Å². The highest BCUT2D eigenvalue weighted by Crippen LogP contribution is 2.35. The Morgan fingerprint density at radius 1 is 1.08 bits per heavy atom. The molecule has 1 aliphatic carbocycles. The summed E-state index contributed by atoms with van der Waals surface area (Å²) in [6.45, 7) is 11.5. The van der Waals surface area contributed by atoms with Gasteiger partial charge in [0.25, 0.3) is 5.09 Å². The number of carbonyl (C=O) groups is 1. The number of hydrogen-bond acceptors (Lipinski definition) is 13. The first-order valence-electron chi connectivity index (χ1n) is 17.9. The molecule has 3 aliphatic rings. The van der Waals surface area contributed by atoms with Gasteiger partial charge in [-0.2, -0.15) is 0 Å². The van der Waals surface area contributed by atoms with E-state index in [0.29, 0.717) is 64.0 Å². The second kappa shape index (κ2) is 21.6. The minimum atomic E-state index is -0.870. The fraction of sp³-hybridized carbons (Fsp3) is 0.800. The largest absolute Gasteiger partial charge is 0.508 e. The van der Waals surface area contributed by atoms with Crippen LogP contribution in [0.25, 0.3) is 0 Å². The van der Waals surface area contributed by atoms with Crippen LogP contribution in [0.15, 0.2) is 24.3 Å². The van der Waals surface area contributed by atoms with Crippen molar-refractivity contribution in [3.8, 4) is 0 Å². The molecule has 1 N–H and O–H groups in total. The molecule has 3 fully saturated rings. The van der Waals surface area contributed by atoms with Crippen LogP contribution in [-0.4, -0.2) is 127 Å². The summed E-state index contributed by atoms with van der Waals surface area (Å²) in [5.74, 6) is 0.475. The number of piperidine rings is 1. The molecule has 278 valence electrons. The first-order valence-corrected chi connectivity index (χ1v) is 17.9. The Morgan fingerprint density at radius 2 is 1.88 bits per heavy atom. The van der Waals surface area contributed by atoms with Crippen molar-refractivity contribution in [1.82, 2.24) is 10.2 Å². The summed E-state index contributed by atoms with van der Waals surface area (Å²) in [5.41, 5.74) is 2.06. The number of fused-ring (bicyclic) bond motifs is 1. The topological polar surface area (TPSA) is 149 Å². The van der Waals surface area contributed by atoms with E-state index in [-0.39, 0.29) is 37.8 Å². The van der Waals surface area contributed by atoms with E-state index in [1.165, 1.54) is 0 Å². The average molecular weight is 696 g/mol.